The molecule has 0 saturated carbocycles. The minimum absolute atomic E-state index is 0.369. The molecule has 0 aromatic heterocycles. The topological polar surface area (TPSA) is 26.1 Å². The standard InChI is InChI=1S/C9H19N2/c1-4-11-8-5-6-10-7-9(8,2)3/h8,11H,4-7H2,1-3H3. The lowest BCUT2D eigenvalue weighted by Crippen LogP contribution is -2.50. The Balaban J connectivity index is 2.45. The first-order valence-corrected chi connectivity index (χ1v) is 4.53. The van der Waals surface area contributed by atoms with E-state index in [9.17, 15) is 0 Å². The lowest BCUT2D eigenvalue weighted by atomic mass is 9.80. The second-order valence-corrected chi connectivity index (χ2v) is 3.99. The van der Waals surface area contributed by atoms with E-state index in [4.69, 9.17) is 0 Å². The first-order chi connectivity index (χ1) is 5.17. The average molecular weight is 155 g/mol. The van der Waals surface area contributed by atoms with E-state index in [1.165, 1.54) is 6.42 Å². The average Bonchev–Trinajstić information content (AvgIpc) is 1.94. The number of nitrogens with one attached hydrogen (secondary N) is 1. The maximum absolute atomic E-state index is 4.42. The zero-order valence-electron chi connectivity index (χ0n) is 7.85. The van der Waals surface area contributed by atoms with Gasteiger partial charge in [-0.1, -0.05) is 20.8 Å². The van der Waals surface area contributed by atoms with E-state index >= 15 is 0 Å². The van der Waals surface area contributed by atoms with Crippen molar-refractivity contribution in [2.24, 2.45) is 5.41 Å². The molecule has 0 amide bonds. The molecule has 2 nitrogen and oxygen atoms in total. The highest BCUT2D eigenvalue weighted by molar-refractivity contribution is 4.89. The molecule has 1 heterocycles. The van der Waals surface area contributed by atoms with E-state index in [-0.39, 0.29) is 0 Å². The fourth-order valence-electron chi connectivity index (χ4n) is 1.71. The van der Waals surface area contributed by atoms with Crippen LogP contribution in [0, 0.1) is 5.41 Å². The van der Waals surface area contributed by atoms with Gasteiger partial charge in [-0.15, -0.1) is 0 Å². The van der Waals surface area contributed by atoms with Gasteiger partial charge in [-0.2, -0.15) is 0 Å². The SMILES string of the molecule is CCNC1CC[N]CC1(C)C. The molecule has 0 spiro atoms. The van der Waals surface area contributed by atoms with E-state index in [1.807, 2.05) is 0 Å². The van der Waals surface area contributed by atoms with E-state index in [0.29, 0.717) is 11.5 Å². The molecule has 1 atom stereocenters. The van der Waals surface area contributed by atoms with Crippen LogP contribution in [0.4, 0.5) is 0 Å². The molecule has 1 radical (unpaired) electrons. The van der Waals surface area contributed by atoms with Gasteiger partial charge < -0.3 is 5.32 Å². The van der Waals surface area contributed by atoms with Crippen LogP contribution in [0.5, 0.6) is 0 Å². The number of hydrogen-bond donors (Lipinski definition) is 1. The third kappa shape index (κ3) is 2.17. The number of piperidine rings is 1. The van der Waals surface area contributed by atoms with Crippen molar-refractivity contribution in [2.75, 3.05) is 19.6 Å². The summed E-state index contributed by atoms with van der Waals surface area (Å²) in [6, 6.07) is 0.671. The van der Waals surface area contributed by atoms with Gasteiger partial charge in [0.2, 0.25) is 0 Å². The van der Waals surface area contributed by atoms with Crippen molar-refractivity contribution in [2.45, 2.75) is 33.2 Å². The number of rotatable bonds is 2. The number of nitrogens with zero attached hydrogens (tertiary/aromatic N) is 1. The molecule has 1 aliphatic heterocycles. The van der Waals surface area contributed by atoms with Gasteiger partial charge in [-0.05, 0) is 18.4 Å². The smallest absolute Gasteiger partial charge is 0.0199 e. The van der Waals surface area contributed by atoms with E-state index < -0.39 is 0 Å². The van der Waals surface area contributed by atoms with Gasteiger partial charge in [0.05, 0.1) is 0 Å². The molecule has 0 aromatic carbocycles. The molecule has 0 aliphatic carbocycles. The van der Waals surface area contributed by atoms with Crippen molar-refractivity contribution in [1.82, 2.24) is 10.6 Å². The molecule has 65 valence electrons. The zero-order valence-corrected chi connectivity index (χ0v) is 7.85. The van der Waals surface area contributed by atoms with Crippen LogP contribution in [0.1, 0.15) is 27.2 Å². The molecular weight excluding hydrogens is 136 g/mol. The summed E-state index contributed by atoms with van der Waals surface area (Å²) >= 11 is 0. The van der Waals surface area contributed by atoms with Crippen LogP contribution in [-0.4, -0.2) is 25.7 Å². The van der Waals surface area contributed by atoms with Crippen LogP contribution in [0.15, 0.2) is 0 Å². The second-order valence-electron chi connectivity index (χ2n) is 3.99. The van der Waals surface area contributed by atoms with Crippen molar-refractivity contribution < 1.29 is 0 Å². The highest BCUT2D eigenvalue weighted by Crippen LogP contribution is 2.25. The van der Waals surface area contributed by atoms with Crippen LogP contribution in [0.25, 0.3) is 0 Å². The number of hydrogen-bond acceptors (Lipinski definition) is 1. The lowest BCUT2D eigenvalue weighted by molar-refractivity contribution is 0.185. The Morgan fingerprint density at radius 3 is 2.82 bits per heavy atom. The van der Waals surface area contributed by atoms with Crippen LogP contribution < -0.4 is 10.6 Å². The highest BCUT2D eigenvalue weighted by atomic mass is 15.0. The van der Waals surface area contributed by atoms with Gasteiger partial charge in [0, 0.05) is 19.1 Å². The van der Waals surface area contributed by atoms with Crippen LogP contribution in [-0.2, 0) is 0 Å². The van der Waals surface area contributed by atoms with Crippen molar-refractivity contribution in [1.29, 1.82) is 0 Å². The summed E-state index contributed by atoms with van der Waals surface area (Å²) in [5.41, 5.74) is 0.369. The normalized spacial score (nSPS) is 30.3. The van der Waals surface area contributed by atoms with E-state index in [2.05, 4.69) is 31.4 Å². The first-order valence-electron chi connectivity index (χ1n) is 4.53. The summed E-state index contributed by atoms with van der Waals surface area (Å²) in [6.45, 7) is 9.90. The lowest BCUT2D eigenvalue weighted by Gasteiger charge is -2.38. The molecule has 1 rings (SSSR count). The molecule has 1 unspecified atom stereocenters. The quantitative estimate of drug-likeness (QED) is 0.632. The zero-order chi connectivity index (χ0) is 8.32. The summed E-state index contributed by atoms with van der Waals surface area (Å²) < 4.78 is 0. The highest BCUT2D eigenvalue weighted by Gasteiger charge is 2.31. The van der Waals surface area contributed by atoms with Crippen LogP contribution in [0.2, 0.25) is 0 Å². The Kier molecular flexibility index (Phi) is 2.90. The second kappa shape index (κ2) is 3.55. The maximum atomic E-state index is 4.42. The van der Waals surface area contributed by atoms with Crippen molar-refractivity contribution in [3.8, 4) is 0 Å². The van der Waals surface area contributed by atoms with E-state index in [1.54, 1.807) is 0 Å². The van der Waals surface area contributed by atoms with Gasteiger partial charge in [-0.3, -0.25) is 0 Å². The molecule has 0 aromatic rings. The van der Waals surface area contributed by atoms with Gasteiger partial charge in [0.15, 0.2) is 0 Å². The van der Waals surface area contributed by atoms with Crippen LogP contribution in [0.3, 0.4) is 0 Å². The Morgan fingerprint density at radius 1 is 1.55 bits per heavy atom. The molecule has 0 bridgehead atoms. The summed E-state index contributed by atoms with van der Waals surface area (Å²) in [6.07, 6.45) is 1.21. The Morgan fingerprint density at radius 2 is 2.27 bits per heavy atom. The fourth-order valence-corrected chi connectivity index (χ4v) is 1.71. The first kappa shape index (κ1) is 9.01. The molecular formula is C9H19N2. The van der Waals surface area contributed by atoms with Gasteiger partial charge in [0.25, 0.3) is 0 Å². The minimum Gasteiger partial charge on any atom is -0.314 e. The Bertz CT molecular complexity index is 119. The van der Waals surface area contributed by atoms with Gasteiger partial charge in [-0.25, -0.2) is 5.32 Å². The Hall–Kier alpha value is -0.0800. The predicted octanol–water partition coefficient (Wildman–Crippen LogP) is 0.999. The summed E-state index contributed by atoms with van der Waals surface area (Å²) in [5.74, 6) is 0. The summed E-state index contributed by atoms with van der Waals surface area (Å²) in [4.78, 5) is 0. The molecule has 1 aliphatic rings. The monoisotopic (exact) mass is 155 g/mol. The molecule has 11 heavy (non-hydrogen) atoms. The summed E-state index contributed by atoms with van der Waals surface area (Å²) in [5, 5.41) is 7.94. The molecule has 2 heteroatoms. The fraction of sp³-hybridized carbons (Fsp3) is 1.00. The Labute approximate surface area is 69.8 Å². The van der Waals surface area contributed by atoms with Crippen molar-refractivity contribution in [3.63, 3.8) is 0 Å². The van der Waals surface area contributed by atoms with E-state index in [0.717, 1.165) is 19.6 Å². The van der Waals surface area contributed by atoms with Crippen LogP contribution >= 0.6 is 0 Å². The van der Waals surface area contributed by atoms with Gasteiger partial charge in [0.1, 0.15) is 0 Å². The minimum atomic E-state index is 0.369. The molecule has 1 saturated heterocycles. The third-order valence-electron chi connectivity index (χ3n) is 2.49. The molecule has 1 fully saturated rings. The third-order valence-corrected chi connectivity index (χ3v) is 2.49. The maximum Gasteiger partial charge on any atom is 0.0199 e. The van der Waals surface area contributed by atoms with Crippen molar-refractivity contribution in [3.05, 3.63) is 0 Å². The van der Waals surface area contributed by atoms with Crippen molar-refractivity contribution >= 4 is 0 Å². The summed E-state index contributed by atoms with van der Waals surface area (Å²) in [7, 11) is 0. The largest absolute Gasteiger partial charge is 0.314 e. The molecule has 1 N–H and O–H groups in total. The predicted molar refractivity (Wildman–Crippen MR) is 47.7 cm³/mol. The van der Waals surface area contributed by atoms with Gasteiger partial charge >= 0.3 is 0 Å².